The smallest absolute Gasteiger partial charge is 0.410 e. The lowest BCUT2D eigenvalue weighted by atomic mass is 9.73. The number of fused-ring (bicyclic) bond motifs is 1. The van der Waals surface area contributed by atoms with Crippen LogP contribution in [0.25, 0.3) is 0 Å². The number of Topliss-reactive ketones (excluding diaryl/α,β-unsaturated/α-hetero) is 2. The molecule has 0 aliphatic carbocycles. The van der Waals surface area contributed by atoms with Gasteiger partial charge in [-0.25, -0.2) is 14.0 Å². The summed E-state index contributed by atoms with van der Waals surface area (Å²) in [5, 5.41) is 19.9. The Morgan fingerprint density at radius 3 is 2.24 bits per heavy atom. The van der Waals surface area contributed by atoms with E-state index < -0.39 is 83.1 Å². The predicted molar refractivity (Wildman–Crippen MR) is 226 cm³/mol. The number of aliphatic hydroxyl groups excluding tert-OH is 1. The quantitative estimate of drug-likeness (QED) is 0.152. The first-order chi connectivity index (χ1) is 29.6. The standard InChI is InChI=1S/C45H68FN5O12/c1-13-34-45(8)37(51(42(56)63-45)21-15-14-20-50-24-30(47-48-50)25-59-32-18-16-31(57-11)17-19-32)28(4)35(52)26(2)23-43(6,58-12)39(29(5)38(54)44(7,46)41(55)61-34)62-40-36(53)33(49(9)10)22-27(3)60-40/h16-19,24,26-29,33-34,36-37,39-40,53H,13-15,20-23,25H2,1-12H3/t26-,27-,28+,29+,33+,34-,36-,37-,39-,40+,43-,44+,45-/m1/s1. The number of hydrogen-bond donors (Lipinski definition) is 1. The van der Waals surface area contributed by atoms with Gasteiger partial charge in [-0.05, 0) is 98.2 Å². The summed E-state index contributed by atoms with van der Waals surface area (Å²) in [5.74, 6) is -4.51. The van der Waals surface area contributed by atoms with Crippen LogP contribution >= 0.6 is 0 Å². The number of rotatable bonds is 14. The van der Waals surface area contributed by atoms with Gasteiger partial charge in [-0.1, -0.05) is 32.9 Å². The van der Waals surface area contributed by atoms with E-state index in [0.29, 0.717) is 43.0 Å². The fourth-order valence-electron chi connectivity index (χ4n) is 9.61. The zero-order valence-electron chi connectivity index (χ0n) is 38.9. The molecule has 0 bridgehead atoms. The number of likely N-dealkylation sites (N-methyl/N-ethyl adjacent to an activating group) is 1. The largest absolute Gasteiger partial charge is 0.497 e. The first-order valence-electron chi connectivity index (χ1n) is 22.0. The number of carbonyl (C=O) groups is 4. The lowest BCUT2D eigenvalue weighted by Crippen LogP contribution is -2.61. The molecule has 5 rings (SSSR count). The molecule has 1 N–H and O–H groups in total. The van der Waals surface area contributed by atoms with Gasteiger partial charge in [0.15, 0.2) is 17.7 Å². The zero-order chi connectivity index (χ0) is 46.6. The number of methoxy groups -OCH3 is 2. The van der Waals surface area contributed by atoms with Crippen LogP contribution in [0.5, 0.6) is 11.5 Å². The Kier molecular flexibility index (Phi) is 16.0. The minimum absolute atomic E-state index is 0.0155. The molecule has 4 heterocycles. The van der Waals surface area contributed by atoms with Crippen molar-refractivity contribution in [3.8, 4) is 11.5 Å². The summed E-state index contributed by atoms with van der Waals surface area (Å²) >= 11 is 0. The third-order valence-corrected chi connectivity index (χ3v) is 13.3. The molecule has 17 nitrogen and oxygen atoms in total. The molecule has 352 valence electrons. The highest BCUT2D eigenvalue weighted by molar-refractivity contribution is 6.08. The van der Waals surface area contributed by atoms with Crippen molar-refractivity contribution in [2.24, 2.45) is 17.8 Å². The molecular formula is C45H68FN5O12. The number of unbranched alkanes of at least 4 members (excludes halogenated alkanes) is 1. The fraction of sp³-hybridized carbons (Fsp3) is 0.733. The highest BCUT2D eigenvalue weighted by atomic mass is 19.1. The number of esters is 1. The van der Waals surface area contributed by atoms with E-state index in [1.54, 1.807) is 76.9 Å². The van der Waals surface area contributed by atoms with Gasteiger partial charge < -0.3 is 48.1 Å². The van der Waals surface area contributed by atoms with E-state index in [0.717, 1.165) is 6.92 Å². The lowest BCUT2D eigenvalue weighted by Gasteiger charge is -2.47. The number of aryl methyl sites for hydroxylation is 1. The van der Waals surface area contributed by atoms with Crippen LogP contribution in [0.15, 0.2) is 30.5 Å². The summed E-state index contributed by atoms with van der Waals surface area (Å²) in [7, 11) is 6.63. The minimum Gasteiger partial charge on any atom is -0.497 e. The third-order valence-electron chi connectivity index (χ3n) is 13.3. The Hall–Kier alpha value is -4.23. The number of alkyl halides is 1. The molecule has 3 aliphatic rings. The normalized spacial score (nSPS) is 35.8. The van der Waals surface area contributed by atoms with Gasteiger partial charge in [0, 0.05) is 44.0 Å². The molecule has 3 fully saturated rings. The number of aromatic nitrogens is 3. The van der Waals surface area contributed by atoms with Crippen LogP contribution in [0, 0.1) is 17.8 Å². The van der Waals surface area contributed by atoms with E-state index in [-0.39, 0.29) is 43.9 Å². The number of benzene rings is 1. The Morgan fingerprint density at radius 2 is 1.62 bits per heavy atom. The Labute approximate surface area is 370 Å². The summed E-state index contributed by atoms with van der Waals surface area (Å²) in [6, 6.07) is 5.87. The van der Waals surface area contributed by atoms with Gasteiger partial charge in [0.1, 0.15) is 41.8 Å². The highest BCUT2D eigenvalue weighted by Crippen LogP contribution is 2.44. The average Bonchev–Trinajstić information content (AvgIpc) is 3.82. The summed E-state index contributed by atoms with van der Waals surface area (Å²) < 4.78 is 60.2. The molecule has 1 aromatic carbocycles. The number of nitrogens with zero attached hydrogens (tertiary/aromatic N) is 5. The van der Waals surface area contributed by atoms with Crippen LogP contribution in [-0.2, 0) is 51.2 Å². The summed E-state index contributed by atoms with van der Waals surface area (Å²) in [5.41, 5.74) is -5.64. The van der Waals surface area contributed by atoms with E-state index in [2.05, 4.69) is 10.3 Å². The number of halogens is 1. The maximum Gasteiger partial charge on any atom is 0.410 e. The molecule has 1 aromatic heterocycles. The molecule has 3 saturated heterocycles. The molecule has 63 heavy (non-hydrogen) atoms. The van der Waals surface area contributed by atoms with Gasteiger partial charge in [-0.15, -0.1) is 5.10 Å². The molecule has 3 aliphatic heterocycles. The molecule has 13 atom stereocenters. The zero-order valence-corrected chi connectivity index (χ0v) is 38.9. The van der Waals surface area contributed by atoms with Crippen molar-refractivity contribution in [3.63, 3.8) is 0 Å². The molecule has 1 amide bonds. The second-order valence-electron chi connectivity index (χ2n) is 18.2. The summed E-state index contributed by atoms with van der Waals surface area (Å²) in [6.07, 6.45) is -2.66. The maximum atomic E-state index is 16.9. The molecule has 0 saturated carbocycles. The van der Waals surface area contributed by atoms with E-state index >= 15 is 4.39 Å². The van der Waals surface area contributed by atoms with Gasteiger partial charge >= 0.3 is 12.1 Å². The number of cyclic esters (lactones) is 1. The van der Waals surface area contributed by atoms with E-state index in [1.807, 2.05) is 25.9 Å². The first kappa shape index (κ1) is 49.8. The van der Waals surface area contributed by atoms with Gasteiger partial charge in [-0.2, -0.15) is 0 Å². The van der Waals surface area contributed by atoms with Gasteiger partial charge in [0.2, 0.25) is 0 Å². The van der Waals surface area contributed by atoms with Crippen LogP contribution in [-0.4, -0.2) is 148 Å². The monoisotopic (exact) mass is 889 g/mol. The van der Waals surface area contributed by atoms with Crippen LogP contribution in [0.4, 0.5) is 9.18 Å². The number of carbonyl (C=O) groups excluding carboxylic acids is 4. The molecular weight excluding hydrogens is 822 g/mol. The SMILES string of the molecule is CC[C@H]1OC(=O)[C@@](C)(F)C(=O)[C@H](C)[C@@H](O[C@@H]2O[C@H](C)C[C@H](N(C)C)[C@H]2O)[C@](C)(OC)C[C@@H](C)C(=O)[C@H](C)[C@H]2N(CCCCn3cc(COc4ccc(OC)cc4)nn3)C(=O)O[C@]12C. The Bertz CT molecular complexity index is 1900. The van der Waals surface area contributed by atoms with E-state index in [1.165, 1.54) is 18.9 Å². The first-order valence-corrected chi connectivity index (χ1v) is 22.0. The van der Waals surface area contributed by atoms with Gasteiger partial charge in [0.05, 0.1) is 37.2 Å². The number of ether oxygens (including phenoxy) is 7. The molecule has 0 unspecified atom stereocenters. The predicted octanol–water partition coefficient (Wildman–Crippen LogP) is 4.94. The van der Waals surface area contributed by atoms with Crippen LogP contribution in [0.2, 0.25) is 0 Å². The van der Waals surface area contributed by atoms with Crippen LogP contribution in [0.1, 0.15) is 93.2 Å². The topological polar surface area (TPSA) is 190 Å². The van der Waals surface area contributed by atoms with Crippen molar-refractivity contribution in [3.05, 3.63) is 36.2 Å². The summed E-state index contributed by atoms with van der Waals surface area (Å²) in [6.45, 7) is 13.3. The van der Waals surface area contributed by atoms with Crippen molar-refractivity contribution >= 4 is 23.6 Å². The number of aliphatic hydroxyl groups is 1. The second-order valence-corrected chi connectivity index (χ2v) is 18.2. The highest BCUT2D eigenvalue weighted by Gasteiger charge is 2.61. The molecule has 2 aromatic rings. The third kappa shape index (κ3) is 10.7. The molecule has 18 heteroatoms. The lowest BCUT2D eigenvalue weighted by molar-refractivity contribution is -0.295. The van der Waals surface area contributed by atoms with Crippen molar-refractivity contribution in [2.45, 2.75) is 160 Å². The maximum absolute atomic E-state index is 16.9. The molecule has 0 spiro atoms. The fourth-order valence-corrected chi connectivity index (χ4v) is 9.61. The van der Waals surface area contributed by atoms with Crippen LogP contribution < -0.4 is 9.47 Å². The van der Waals surface area contributed by atoms with Gasteiger partial charge in [0.25, 0.3) is 5.67 Å². The van der Waals surface area contributed by atoms with Crippen molar-refractivity contribution in [1.29, 1.82) is 0 Å². The van der Waals surface area contributed by atoms with Crippen molar-refractivity contribution < 1.29 is 61.8 Å². The summed E-state index contributed by atoms with van der Waals surface area (Å²) in [4.78, 5) is 60.2. The van der Waals surface area contributed by atoms with E-state index in [4.69, 9.17) is 33.2 Å². The number of hydrogen-bond acceptors (Lipinski definition) is 15. The van der Waals surface area contributed by atoms with Gasteiger partial charge in [-0.3, -0.25) is 14.3 Å². The molecule has 0 radical (unpaired) electrons. The second kappa shape index (κ2) is 20.3. The Balaban J connectivity index is 1.39. The average molecular weight is 890 g/mol. The minimum atomic E-state index is -3.19. The van der Waals surface area contributed by atoms with Crippen molar-refractivity contribution in [2.75, 3.05) is 34.9 Å². The Morgan fingerprint density at radius 1 is 0.968 bits per heavy atom. The number of ketones is 2. The number of amides is 1. The van der Waals surface area contributed by atoms with Crippen LogP contribution in [0.3, 0.4) is 0 Å². The van der Waals surface area contributed by atoms with E-state index in [9.17, 15) is 24.3 Å². The van der Waals surface area contributed by atoms with Crippen molar-refractivity contribution in [1.82, 2.24) is 24.8 Å².